The van der Waals surface area contributed by atoms with Crippen molar-refractivity contribution in [2.45, 2.75) is 19.3 Å². The molecule has 0 fully saturated rings. The van der Waals surface area contributed by atoms with Crippen LogP contribution in [-0.2, 0) is 10.0 Å². The van der Waals surface area contributed by atoms with Gasteiger partial charge in [-0.3, -0.25) is 4.72 Å². The third-order valence-electron chi connectivity index (χ3n) is 2.26. The van der Waals surface area contributed by atoms with Crippen molar-refractivity contribution in [1.29, 1.82) is 0 Å². The Balaban J connectivity index is 2.88. The Kier molecular flexibility index (Phi) is 5.20. The monoisotopic (exact) mass is 331 g/mol. The molecule has 0 aliphatic carbocycles. The molecule has 1 heterocycles. The third-order valence-corrected chi connectivity index (χ3v) is 3.53. The van der Waals surface area contributed by atoms with E-state index in [2.05, 4.69) is 9.72 Å². The van der Waals surface area contributed by atoms with Gasteiger partial charge in [-0.15, -0.1) is 0 Å². The van der Waals surface area contributed by atoms with Crippen molar-refractivity contribution in [2.24, 2.45) is 0 Å². The molecule has 11 heteroatoms. The first kappa shape index (κ1) is 17.3. The molecule has 0 radical (unpaired) electrons. The van der Waals surface area contributed by atoms with E-state index in [1.807, 2.05) is 4.72 Å². The molecule has 0 atom stereocenters. The molecule has 120 valence electrons. The zero-order valence-electron chi connectivity index (χ0n) is 10.8. The van der Waals surface area contributed by atoms with Gasteiger partial charge in [0.15, 0.2) is 12.4 Å². The molecule has 21 heavy (non-hydrogen) atoms. The van der Waals surface area contributed by atoms with E-state index in [1.54, 1.807) is 0 Å². The van der Waals surface area contributed by atoms with Crippen molar-refractivity contribution in [2.75, 3.05) is 22.8 Å². The maximum atomic E-state index is 12.7. The van der Waals surface area contributed by atoms with Crippen LogP contribution in [0.15, 0.2) is 12.1 Å². The van der Waals surface area contributed by atoms with E-state index in [9.17, 15) is 26.0 Å². The van der Waals surface area contributed by atoms with Gasteiger partial charge in [-0.25, -0.2) is 17.2 Å². The Morgan fingerprint density at radius 1 is 1.43 bits per heavy atom. The highest BCUT2D eigenvalue weighted by atomic mass is 32.2. The van der Waals surface area contributed by atoms with Gasteiger partial charge in [0.25, 0.3) is 0 Å². The zero-order chi connectivity index (χ0) is 16.3. The Hall–Kier alpha value is -1.78. The quantitative estimate of drug-likeness (QED) is 0.742. The van der Waals surface area contributed by atoms with E-state index < -0.39 is 34.9 Å². The number of nitrogens with two attached hydrogens (primary N) is 1. The lowest BCUT2D eigenvalue weighted by Gasteiger charge is -2.16. The number of nitrogens with zero attached hydrogens (tertiary/aromatic N) is 1. The van der Waals surface area contributed by atoms with E-state index in [1.165, 1.54) is 6.92 Å². The van der Waals surface area contributed by atoms with Crippen LogP contribution in [-0.4, -0.2) is 38.1 Å². The number of nitrogens with one attached hydrogen (secondary N) is 1. The average Bonchev–Trinajstić information content (AvgIpc) is 2.39. The molecule has 0 aliphatic rings. The van der Waals surface area contributed by atoms with Crippen LogP contribution < -0.4 is 15.2 Å². The van der Waals surface area contributed by atoms with E-state index in [0.29, 0.717) is 0 Å². The van der Waals surface area contributed by atoms with Crippen LogP contribution in [0.1, 0.15) is 6.92 Å². The molecule has 1 aromatic heterocycles. The molecule has 6 nitrogen and oxygen atoms in total. The van der Waals surface area contributed by atoms with Gasteiger partial charge in [0.05, 0.1) is 11.4 Å². The van der Waals surface area contributed by atoms with Gasteiger partial charge in [-0.2, -0.15) is 13.8 Å². The molecular weight excluding hydrogens is 318 g/mol. The van der Waals surface area contributed by atoms with Crippen molar-refractivity contribution in [1.82, 2.24) is 4.98 Å². The fraction of sp³-hybridized carbons (Fsp3) is 0.500. The van der Waals surface area contributed by atoms with E-state index in [4.69, 9.17) is 5.73 Å². The third kappa shape index (κ3) is 4.92. The fourth-order valence-electron chi connectivity index (χ4n) is 1.07. The maximum Gasteiger partial charge on any atom is 0.340 e. The predicted molar refractivity (Wildman–Crippen MR) is 68.2 cm³/mol. The summed E-state index contributed by atoms with van der Waals surface area (Å²) in [6, 6.07) is 2.21. The highest BCUT2D eigenvalue weighted by Crippen LogP contribution is 2.25. The summed E-state index contributed by atoms with van der Waals surface area (Å²) in [6.07, 6.45) is -3.88. The fourth-order valence-corrected chi connectivity index (χ4v) is 1.67. The minimum absolute atomic E-state index is 0.0694. The van der Waals surface area contributed by atoms with Gasteiger partial charge < -0.3 is 10.5 Å². The van der Waals surface area contributed by atoms with Crippen LogP contribution in [0.25, 0.3) is 0 Å². The lowest BCUT2D eigenvalue weighted by Crippen LogP contribution is -2.34. The standard InChI is InChI=1S/C10H13F4N3O3S/c1-2-21(18,19)17-8-6(15)3-4-7(16-8)20-5-10(13,14)9(11)12/h3-4,9H,2,5,15H2,1H3,(H,16,17). The predicted octanol–water partition coefficient (Wildman–Crippen LogP) is 1.70. The molecule has 0 aliphatic heterocycles. The Morgan fingerprint density at radius 2 is 2.05 bits per heavy atom. The number of nitrogen functional groups attached to an aromatic ring is 1. The average molecular weight is 331 g/mol. The number of rotatable bonds is 7. The number of hydrogen-bond acceptors (Lipinski definition) is 5. The summed E-state index contributed by atoms with van der Waals surface area (Å²) in [4.78, 5) is 3.55. The van der Waals surface area contributed by atoms with Crippen molar-refractivity contribution >= 4 is 21.5 Å². The van der Waals surface area contributed by atoms with Gasteiger partial charge in [-0.05, 0) is 13.0 Å². The molecule has 0 saturated carbocycles. The van der Waals surface area contributed by atoms with Crippen LogP contribution in [0.4, 0.5) is 29.1 Å². The summed E-state index contributed by atoms with van der Waals surface area (Å²) in [6.45, 7) is -0.233. The van der Waals surface area contributed by atoms with Gasteiger partial charge in [0, 0.05) is 6.07 Å². The van der Waals surface area contributed by atoms with Gasteiger partial charge in [0.1, 0.15) is 0 Å². The van der Waals surface area contributed by atoms with Crippen molar-refractivity contribution in [3.63, 3.8) is 0 Å². The molecule has 1 rings (SSSR count). The summed E-state index contributed by atoms with van der Waals surface area (Å²) >= 11 is 0. The smallest absolute Gasteiger partial charge is 0.340 e. The minimum Gasteiger partial charge on any atom is -0.471 e. The number of ether oxygens (including phenoxy) is 1. The maximum absolute atomic E-state index is 12.7. The number of hydrogen-bond donors (Lipinski definition) is 2. The lowest BCUT2D eigenvalue weighted by atomic mass is 10.4. The molecular formula is C10H13F4N3O3S. The molecule has 0 unspecified atom stereocenters. The Labute approximate surface area is 118 Å². The summed E-state index contributed by atoms with van der Waals surface area (Å²) in [7, 11) is -3.68. The highest BCUT2D eigenvalue weighted by Gasteiger charge is 2.41. The van der Waals surface area contributed by atoms with Crippen molar-refractivity contribution in [3.8, 4) is 5.88 Å². The van der Waals surface area contributed by atoms with Gasteiger partial charge in [-0.1, -0.05) is 0 Å². The summed E-state index contributed by atoms with van der Waals surface area (Å²) in [5.74, 6) is -5.39. The molecule has 0 spiro atoms. The number of anilines is 2. The molecule has 1 aromatic rings. The van der Waals surface area contributed by atoms with Gasteiger partial charge in [0.2, 0.25) is 15.9 Å². The number of halogens is 4. The number of pyridine rings is 1. The van der Waals surface area contributed by atoms with Gasteiger partial charge >= 0.3 is 12.3 Å². The van der Waals surface area contributed by atoms with Crippen LogP contribution in [0, 0.1) is 0 Å². The number of alkyl halides is 4. The summed E-state index contributed by atoms with van der Waals surface area (Å²) in [5, 5.41) is 0. The van der Waals surface area contributed by atoms with Crippen LogP contribution in [0.5, 0.6) is 5.88 Å². The highest BCUT2D eigenvalue weighted by molar-refractivity contribution is 7.92. The first-order valence-corrected chi connectivity index (χ1v) is 7.28. The van der Waals surface area contributed by atoms with Crippen LogP contribution in [0.2, 0.25) is 0 Å². The molecule has 0 bridgehead atoms. The lowest BCUT2D eigenvalue weighted by molar-refractivity contribution is -0.148. The summed E-state index contributed by atoms with van der Waals surface area (Å²) in [5.41, 5.74) is 5.40. The second-order valence-electron chi connectivity index (χ2n) is 3.94. The Bertz CT molecular complexity index is 595. The Morgan fingerprint density at radius 3 is 2.57 bits per heavy atom. The number of aromatic nitrogens is 1. The van der Waals surface area contributed by atoms with E-state index >= 15 is 0 Å². The summed E-state index contributed by atoms with van der Waals surface area (Å²) < 4.78 is 78.5. The topological polar surface area (TPSA) is 94.3 Å². The van der Waals surface area contributed by atoms with Crippen LogP contribution >= 0.6 is 0 Å². The first-order valence-electron chi connectivity index (χ1n) is 5.63. The number of sulfonamides is 1. The molecule has 0 aromatic carbocycles. The van der Waals surface area contributed by atoms with Crippen molar-refractivity contribution in [3.05, 3.63) is 12.1 Å². The molecule has 3 N–H and O–H groups in total. The van der Waals surface area contributed by atoms with E-state index in [-0.39, 0.29) is 17.3 Å². The molecule has 0 saturated heterocycles. The van der Waals surface area contributed by atoms with E-state index in [0.717, 1.165) is 12.1 Å². The normalized spacial score (nSPS) is 12.5. The van der Waals surface area contributed by atoms with Crippen molar-refractivity contribution < 1.29 is 30.7 Å². The molecule has 0 amide bonds. The largest absolute Gasteiger partial charge is 0.471 e. The first-order chi connectivity index (χ1) is 9.57. The SMILES string of the molecule is CCS(=O)(=O)Nc1nc(OCC(F)(F)C(F)F)ccc1N. The second kappa shape index (κ2) is 6.33. The van der Waals surface area contributed by atoms with Crippen LogP contribution in [0.3, 0.4) is 0 Å². The zero-order valence-corrected chi connectivity index (χ0v) is 11.6. The minimum atomic E-state index is -4.34. The second-order valence-corrected chi connectivity index (χ2v) is 5.95.